The third kappa shape index (κ3) is 4.30. The van der Waals surface area contributed by atoms with Gasteiger partial charge in [-0.05, 0) is 49.8 Å². The van der Waals surface area contributed by atoms with Crippen molar-refractivity contribution < 1.29 is 18.7 Å². The van der Waals surface area contributed by atoms with Crippen molar-refractivity contribution in [2.45, 2.75) is 57.5 Å². The lowest BCUT2D eigenvalue weighted by Crippen LogP contribution is -2.50. The summed E-state index contributed by atoms with van der Waals surface area (Å²) in [4.78, 5) is 24.4. The third-order valence-corrected chi connectivity index (χ3v) is 5.07. The largest absolute Gasteiger partial charge is 0.493 e. The van der Waals surface area contributed by atoms with Crippen LogP contribution in [0.5, 0.6) is 5.75 Å². The van der Waals surface area contributed by atoms with Crippen LogP contribution in [0.2, 0.25) is 0 Å². The highest BCUT2D eigenvalue weighted by molar-refractivity contribution is 5.87. The molecule has 1 aliphatic heterocycles. The highest BCUT2D eigenvalue weighted by atomic mass is 19.1. The minimum atomic E-state index is -0.527. The molecular formula is C19H25FN2O3. The third-order valence-electron chi connectivity index (χ3n) is 5.07. The normalized spacial score (nSPS) is 21.6. The summed E-state index contributed by atoms with van der Waals surface area (Å²) in [5, 5.41) is 5.83. The van der Waals surface area contributed by atoms with Gasteiger partial charge in [0.15, 0.2) is 0 Å². The highest BCUT2D eigenvalue weighted by Crippen LogP contribution is 2.33. The van der Waals surface area contributed by atoms with Crippen molar-refractivity contribution in [3.8, 4) is 5.75 Å². The maximum Gasteiger partial charge on any atom is 0.243 e. The summed E-state index contributed by atoms with van der Waals surface area (Å²) < 4.78 is 19.3. The van der Waals surface area contributed by atoms with E-state index in [1.165, 1.54) is 19.1 Å². The SMILES string of the molecule is CC(=O)N[C@@H](C(=O)N[C@H]1CCCOc2ccc(F)cc21)C1CCCC1. The van der Waals surface area contributed by atoms with E-state index >= 15 is 0 Å². The summed E-state index contributed by atoms with van der Waals surface area (Å²) in [5.41, 5.74) is 0.666. The summed E-state index contributed by atoms with van der Waals surface area (Å²) in [7, 11) is 0. The number of hydrogen-bond acceptors (Lipinski definition) is 3. The Bertz CT molecular complexity index is 644. The summed E-state index contributed by atoms with van der Waals surface area (Å²) in [6.07, 6.45) is 5.50. The molecule has 2 aliphatic rings. The number of fused-ring (bicyclic) bond motifs is 1. The van der Waals surface area contributed by atoms with Gasteiger partial charge in [-0.3, -0.25) is 9.59 Å². The van der Waals surface area contributed by atoms with Crippen molar-refractivity contribution in [1.82, 2.24) is 10.6 Å². The van der Waals surface area contributed by atoms with Gasteiger partial charge in [0.25, 0.3) is 0 Å². The fourth-order valence-electron chi connectivity index (χ4n) is 3.87. The smallest absolute Gasteiger partial charge is 0.243 e. The van der Waals surface area contributed by atoms with Crippen LogP contribution in [-0.2, 0) is 9.59 Å². The van der Waals surface area contributed by atoms with Crippen LogP contribution in [0.25, 0.3) is 0 Å². The minimum absolute atomic E-state index is 0.165. The van der Waals surface area contributed by atoms with Gasteiger partial charge in [0.2, 0.25) is 11.8 Å². The Morgan fingerprint density at radius 3 is 2.68 bits per heavy atom. The molecule has 2 atom stereocenters. The Morgan fingerprint density at radius 1 is 1.20 bits per heavy atom. The van der Waals surface area contributed by atoms with Crippen LogP contribution >= 0.6 is 0 Å². The average molecular weight is 348 g/mol. The zero-order valence-corrected chi connectivity index (χ0v) is 14.5. The number of hydrogen-bond donors (Lipinski definition) is 2. The first-order chi connectivity index (χ1) is 12.0. The molecule has 0 saturated heterocycles. The molecule has 1 aromatic rings. The van der Waals surface area contributed by atoms with E-state index < -0.39 is 6.04 Å². The van der Waals surface area contributed by atoms with Crippen molar-refractivity contribution in [2.75, 3.05) is 6.61 Å². The first kappa shape index (κ1) is 17.7. The Labute approximate surface area is 147 Å². The molecule has 1 aromatic carbocycles. The van der Waals surface area contributed by atoms with E-state index in [9.17, 15) is 14.0 Å². The van der Waals surface area contributed by atoms with Crippen LogP contribution in [0.15, 0.2) is 18.2 Å². The number of halogens is 1. The van der Waals surface area contributed by atoms with Gasteiger partial charge in [-0.1, -0.05) is 12.8 Å². The topological polar surface area (TPSA) is 67.4 Å². The van der Waals surface area contributed by atoms with Gasteiger partial charge in [0.05, 0.1) is 12.6 Å². The van der Waals surface area contributed by atoms with Gasteiger partial charge in [0.1, 0.15) is 17.6 Å². The predicted molar refractivity (Wildman–Crippen MR) is 91.6 cm³/mol. The number of benzene rings is 1. The molecule has 0 spiro atoms. The lowest BCUT2D eigenvalue weighted by molar-refractivity contribution is -0.130. The average Bonchev–Trinajstić information content (AvgIpc) is 3.03. The van der Waals surface area contributed by atoms with Gasteiger partial charge in [-0.15, -0.1) is 0 Å². The van der Waals surface area contributed by atoms with E-state index in [0.29, 0.717) is 24.3 Å². The van der Waals surface area contributed by atoms with Crippen molar-refractivity contribution in [3.63, 3.8) is 0 Å². The van der Waals surface area contributed by atoms with E-state index in [1.54, 1.807) is 6.07 Å². The summed E-state index contributed by atoms with van der Waals surface area (Å²) in [6.45, 7) is 1.97. The second kappa shape index (κ2) is 7.85. The van der Waals surface area contributed by atoms with Crippen molar-refractivity contribution >= 4 is 11.8 Å². The molecule has 6 heteroatoms. The molecule has 0 bridgehead atoms. The van der Waals surface area contributed by atoms with Gasteiger partial charge in [-0.2, -0.15) is 0 Å². The molecule has 1 aliphatic carbocycles. The summed E-state index contributed by atoms with van der Waals surface area (Å²) in [5.74, 6) is 0.0312. The van der Waals surface area contributed by atoms with E-state index in [0.717, 1.165) is 32.1 Å². The maximum atomic E-state index is 13.7. The summed E-state index contributed by atoms with van der Waals surface area (Å²) in [6, 6.07) is 3.56. The number of nitrogens with one attached hydrogen (secondary N) is 2. The molecule has 0 unspecified atom stereocenters. The fourth-order valence-corrected chi connectivity index (χ4v) is 3.87. The van der Waals surface area contributed by atoms with Crippen LogP contribution in [-0.4, -0.2) is 24.5 Å². The predicted octanol–water partition coefficient (Wildman–Crippen LogP) is 2.85. The molecule has 5 nitrogen and oxygen atoms in total. The second-order valence-electron chi connectivity index (χ2n) is 6.96. The minimum Gasteiger partial charge on any atom is -0.493 e. The number of amides is 2. The standard InChI is InChI=1S/C19H25FN2O3/c1-12(23)21-18(13-5-2-3-6-13)19(24)22-16-7-4-10-25-17-9-8-14(20)11-15(16)17/h8-9,11,13,16,18H,2-7,10H2,1H3,(H,21,23)(H,22,24)/t16-,18+/m0/s1. The molecule has 25 heavy (non-hydrogen) atoms. The molecule has 1 heterocycles. The fraction of sp³-hybridized carbons (Fsp3) is 0.579. The molecule has 1 fully saturated rings. The second-order valence-corrected chi connectivity index (χ2v) is 6.96. The number of ether oxygens (including phenoxy) is 1. The van der Waals surface area contributed by atoms with Crippen LogP contribution in [0, 0.1) is 11.7 Å². The van der Waals surface area contributed by atoms with Crippen LogP contribution in [0.1, 0.15) is 57.1 Å². The first-order valence-corrected chi connectivity index (χ1v) is 9.04. The van der Waals surface area contributed by atoms with Crippen LogP contribution in [0.3, 0.4) is 0 Å². The van der Waals surface area contributed by atoms with E-state index in [-0.39, 0.29) is 29.6 Å². The highest BCUT2D eigenvalue weighted by Gasteiger charge is 2.33. The Kier molecular flexibility index (Phi) is 5.56. The van der Waals surface area contributed by atoms with E-state index in [1.807, 2.05) is 0 Å². The summed E-state index contributed by atoms with van der Waals surface area (Å²) >= 11 is 0. The quantitative estimate of drug-likeness (QED) is 0.879. The lowest BCUT2D eigenvalue weighted by atomic mass is 9.95. The van der Waals surface area contributed by atoms with Gasteiger partial charge < -0.3 is 15.4 Å². The number of rotatable bonds is 4. The Balaban J connectivity index is 1.78. The molecule has 3 rings (SSSR count). The zero-order valence-electron chi connectivity index (χ0n) is 14.5. The van der Waals surface area contributed by atoms with E-state index in [2.05, 4.69) is 10.6 Å². The van der Waals surface area contributed by atoms with Gasteiger partial charge in [0, 0.05) is 12.5 Å². The molecule has 1 saturated carbocycles. The molecule has 136 valence electrons. The van der Waals surface area contributed by atoms with Crippen molar-refractivity contribution in [3.05, 3.63) is 29.6 Å². The number of carbonyl (C=O) groups is 2. The zero-order chi connectivity index (χ0) is 17.8. The molecule has 0 radical (unpaired) electrons. The molecular weight excluding hydrogens is 323 g/mol. The maximum absolute atomic E-state index is 13.7. The Hall–Kier alpha value is -2.11. The van der Waals surface area contributed by atoms with Crippen molar-refractivity contribution in [2.24, 2.45) is 5.92 Å². The Morgan fingerprint density at radius 2 is 1.96 bits per heavy atom. The number of carbonyl (C=O) groups excluding carboxylic acids is 2. The van der Waals surface area contributed by atoms with E-state index in [4.69, 9.17) is 4.74 Å². The van der Waals surface area contributed by atoms with Crippen LogP contribution in [0.4, 0.5) is 4.39 Å². The molecule has 2 amide bonds. The monoisotopic (exact) mass is 348 g/mol. The van der Waals surface area contributed by atoms with Gasteiger partial charge >= 0.3 is 0 Å². The van der Waals surface area contributed by atoms with Crippen molar-refractivity contribution in [1.29, 1.82) is 0 Å². The molecule has 0 aromatic heterocycles. The van der Waals surface area contributed by atoms with Gasteiger partial charge in [-0.25, -0.2) is 4.39 Å². The first-order valence-electron chi connectivity index (χ1n) is 9.04. The lowest BCUT2D eigenvalue weighted by Gasteiger charge is -2.26. The van der Waals surface area contributed by atoms with Crippen LogP contribution < -0.4 is 15.4 Å². The molecule has 2 N–H and O–H groups in total.